The Morgan fingerprint density at radius 2 is 1.69 bits per heavy atom. The molecule has 3 aromatic carbocycles. The Balaban J connectivity index is 1.69. The molecule has 5 rings (SSSR count). The standard InChI is InChI=1S/C26H20F2N4O2S/c1-14-7-6-8-15(2)22(14)32-24(34)19-9-4-5-10-21(19)31-25(32)29-30-26(31)35-16(3)23(33)18-12-11-17(27)13-20(18)28/h4-13,16H,1-3H3. The topological polar surface area (TPSA) is 69.3 Å². The van der Waals surface area contributed by atoms with Gasteiger partial charge < -0.3 is 0 Å². The van der Waals surface area contributed by atoms with E-state index < -0.39 is 22.7 Å². The maximum Gasteiger partial charge on any atom is 0.267 e. The summed E-state index contributed by atoms with van der Waals surface area (Å²) in [6.45, 7) is 5.47. The van der Waals surface area contributed by atoms with E-state index in [0.717, 1.165) is 40.7 Å². The molecule has 35 heavy (non-hydrogen) atoms. The molecule has 0 bridgehead atoms. The van der Waals surface area contributed by atoms with Crippen molar-refractivity contribution in [1.82, 2.24) is 19.2 Å². The van der Waals surface area contributed by atoms with Gasteiger partial charge in [-0.15, -0.1) is 10.2 Å². The number of benzene rings is 3. The van der Waals surface area contributed by atoms with E-state index in [1.807, 2.05) is 38.1 Å². The lowest BCUT2D eigenvalue weighted by Gasteiger charge is -2.16. The van der Waals surface area contributed by atoms with Crippen LogP contribution in [-0.2, 0) is 0 Å². The van der Waals surface area contributed by atoms with Crippen LogP contribution in [0.1, 0.15) is 28.4 Å². The van der Waals surface area contributed by atoms with Crippen LogP contribution in [0, 0.1) is 25.5 Å². The molecule has 0 saturated carbocycles. The van der Waals surface area contributed by atoms with Gasteiger partial charge in [0.2, 0.25) is 5.78 Å². The third-order valence-corrected chi connectivity index (χ3v) is 6.95. The zero-order valence-corrected chi connectivity index (χ0v) is 19.9. The van der Waals surface area contributed by atoms with Gasteiger partial charge in [0.15, 0.2) is 10.9 Å². The highest BCUT2D eigenvalue weighted by Gasteiger charge is 2.25. The van der Waals surface area contributed by atoms with Crippen molar-refractivity contribution in [3.8, 4) is 5.69 Å². The lowest BCUT2D eigenvalue weighted by molar-refractivity contribution is 0.0990. The molecule has 0 aliphatic heterocycles. The maximum absolute atomic E-state index is 14.2. The van der Waals surface area contributed by atoms with Crippen LogP contribution in [0.3, 0.4) is 0 Å². The summed E-state index contributed by atoms with van der Waals surface area (Å²) in [5.74, 6) is -1.86. The first-order valence-corrected chi connectivity index (χ1v) is 11.8. The van der Waals surface area contributed by atoms with E-state index in [2.05, 4.69) is 10.2 Å². The lowest BCUT2D eigenvalue weighted by Crippen LogP contribution is -2.23. The van der Waals surface area contributed by atoms with Gasteiger partial charge in [0, 0.05) is 6.07 Å². The predicted octanol–water partition coefficient (Wildman–Crippen LogP) is 5.29. The Morgan fingerprint density at radius 1 is 0.971 bits per heavy atom. The first kappa shape index (κ1) is 22.9. The van der Waals surface area contributed by atoms with Gasteiger partial charge in [-0.1, -0.05) is 42.1 Å². The van der Waals surface area contributed by atoms with Gasteiger partial charge in [0.25, 0.3) is 5.56 Å². The fourth-order valence-electron chi connectivity index (χ4n) is 4.23. The molecule has 9 heteroatoms. The normalized spacial score (nSPS) is 12.4. The Morgan fingerprint density at radius 3 is 2.40 bits per heavy atom. The Kier molecular flexibility index (Phi) is 5.72. The number of hydrogen-bond donors (Lipinski definition) is 0. The van der Waals surface area contributed by atoms with Gasteiger partial charge in [-0.3, -0.25) is 14.0 Å². The number of aryl methyl sites for hydroxylation is 2. The minimum atomic E-state index is -0.914. The van der Waals surface area contributed by atoms with Gasteiger partial charge in [-0.2, -0.15) is 0 Å². The second-order valence-corrected chi connectivity index (χ2v) is 9.57. The van der Waals surface area contributed by atoms with Crippen molar-refractivity contribution in [3.05, 3.63) is 99.3 Å². The summed E-state index contributed by atoms with van der Waals surface area (Å²) in [6, 6.07) is 15.8. The van der Waals surface area contributed by atoms with Gasteiger partial charge >= 0.3 is 0 Å². The number of para-hydroxylation sites is 2. The highest BCUT2D eigenvalue weighted by molar-refractivity contribution is 8.00. The first-order valence-electron chi connectivity index (χ1n) is 10.9. The number of fused-ring (bicyclic) bond motifs is 3. The average Bonchev–Trinajstić information content (AvgIpc) is 3.24. The monoisotopic (exact) mass is 490 g/mol. The van der Waals surface area contributed by atoms with Gasteiger partial charge in [0.1, 0.15) is 11.6 Å². The molecule has 0 spiro atoms. The number of thioether (sulfide) groups is 1. The highest BCUT2D eigenvalue weighted by atomic mass is 32.2. The molecule has 2 aromatic heterocycles. The van der Waals surface area contributed by atoms with Crippen LogP contribution in [0.15, 0.2) is 70.6 Å². The number of Topliss-reactive ketones (excluding diaryl/α,β-unsaturated/α-hetero) is 1. The van der Waals surface area contributed by atoms with Crippen LogP contribution in [0.5, 0.6) is 0 Å². The fourth-order valence-corrected chi connectivity index (χ4v) is 5.16. The van der Waals surface area contributed by atoms with E-state index in [1.165, 1.54) is 4.57 Å². The molecule has 5 aromatic rings. The van der Waals surface area contributed by atoms with Crippen molar-refractivity contribution >= 4 is 34.2 Å². The molecule has 0 amide bonds. The number of nitrogens with zero attached hydrogens (tertiary/aromatic N) is 4. The molecule has 1 atom stereocenters. The van der Waals surface area contributed by atoms with E-state index in [1.54, 1.807) is 29.5 Å². The van der Waals surface area contributed by atoms with E-state index >= 15 is 0 Å². The number of rotatable bonds is 5. The van der Waals surface area contributed by atoms with E-state index in [0.29, 0.717) is 27.9 Å². The molecule has 0 fully saturated rings. The molecule has 2 heterocycles. The SMILES string of the molecule is Cc1cccc(C)c1-n1c(=O)c2ccccc2n2c(SC(C)C(=O)c3ccc(F)cc3F)nnc12. The van der Waals surface area contributed by atoms with Crippen LogP contribution in [-0.4, -0.2) is 30.2 Å². The Labute approximate surface area is 203 Å². The molecule has 176 valence electrons. The minimum absolute atomic E-state index is 0.197. The zero-order valence-electron chi connectivity index (χ0n) is 19.1. The van der Waals surface area contributed by atoms with Crippen molar-refractivity contribution in [3.63, 3.8) is 0 Å². The van der Waals surface area contributed by atoms with Crippen molar-refractivity contribution < 1.29 is 13.6 Å². The predicted molar refractivity (Wildman–Crippen MR) is 132 cm³/mol. The van der Waals surface area contributed by atoms with E-state index in [-0.39, 0.29) is 11.1 Å². The van der Waals surface area contributed by atoms with Gasteiger partial charge in [-0.25, -0.2) is 13.3 Å². The van der Waals surface area contributed by atoms with Crippen molar-refractivity contribution in [2.45, 2.75) is 31.2 Å². The van der Waals surface area contributed by atoms with Crippen LogP contribution >= 0.6 is 11.8 Å². The summed E-state index contributed by atoms with van der Waals surface area (Å²) >= 11 is 1.09. The molecule has 6 nitrogen and oxygen atoms in total. The molecule has 0 saturated heterocycles. The van der Waals surface area contributed by atoms with Crippen LogP contribution < -0.4 is 5.56 Å². The van der Waals surface area contributed by atoms with Crippen molar-refractivity contribution in [2.75, 3.05) is 0 Å². The first-order chi connectivity index (χ1) is 16.8. The molecule has 0 radical (unpaired) electrons. The van der Waals surface area contributed by atoms with Crippen LogP contribution in [0.4, 0.5) is 8.78 Å². The minimum Gasteiger partial charge on any atom is -0.293 e. The summed E-state index contributed by atoms with van der Waals surface area (Å²) in [7, 11) is 0. The largest absolute Gasteiger partial charge is 0.293 e. The van der Waals surface area contributed by atoms with Crippen molar-refractivity contribution in [1.29, 1.82) is 0 Å². The number of halogens is 2. The second kappa shape index (κ2) is 8.74. The average molecular weight is 491 g/mol. The Hall–Kier alpha value is -3.85. The number of carbonyl (C=O) groups is 1. The van der Waals surface area contributed by atoms with Crippen LogP contribution in [0.2, 0.25) is 0 Å². The lowest BCUT2D eigenvalue weighted by atomic mass is 10.1. The molecule has 0 aliphatic carbocycles. The molecular weight excluding hydrogens is 470 g/mol. The maximum atomic E-state index is 14.2. The highest BCUT2D eigenvalue weighted by Crippen LogP contribution is 2.29. The van der Waals surface area contributed by atoms with Crippen LogP contribution in [0.25, 0.3) is 22.4 Å². The second-order valence-electron chi connectivity index (χ2n) is 8.26. The molecular formula is C26H20F2N4O2S. The Bertz CT molecular complexity index is 1670. The third kappa shape index (κ3) is 3.81. The summed E-state index contributed by atoms with van der Waals surface area (Å²) in [5, 5.41) is 8.71. The quantitative estimate of drug-likeness (QED) is 0.247. The van der Waals surface area contributed by atoms with E-state index in [4.69, 9.17) is 0 Å². The van der Waals surface area contributed by atoms with Gasteiger partial charge in [-0.05, 0) is 56.2 Å². The molecule has 1 unspecified atom stereocenters. The van der Waals surface area contributed by atoms with Crippen molar-refractivity contribution in [2.24, 2.45) is 0 Å². The third-order valence-electron chi connectivity index (χ3n) is 5.91. The summed E-state index contributed by atoms with van der Waals surface area (Å²) in [5.41, 5.74) is 2.68. The number of aromatic nitrogens is 4. The smallest absolute Gasteiger partial charge is 0.267 e. The fraction of sp³-hybridized carbons (Fsp3) is 0.154. The number of hydrogen-bond acceptors (Lipinski definition) is 5. The van der Waals surface area contributed by atoms with Gasteiger partial charge in [0.05, 0.1) is 27.4 Å². The van der Waals surface area contributed by atoms with E-state index in [9.17, 15) is 18.4 Å². The molecule has 0 aliphatic rings. The zero-order chi connectivity index (χ0) is 24.9. The summed E-state index contributed by atoms with van der Waals surface area (Å²) in [4.78, 5) is 26.5. The number of ketones is 1. The number of carbonyl (C=O) groups excluding carboxylic acids is 1. The summed E-state index contributed by atoms with van der Waals surface area (Å²) in [6.07, 6.45) is 0. The summed E-state index contributed by atoms with van der Waals surface area (Å²) < 4.78 is 30.8. The molecule has 0 N–H and O–H groups in total.